The minimum atomic E-state index is -0.443. The van der Waals surface area contributed by atoms with E-state index in [0.29, 0.717) is 11.3 Å². The molecule has 1 heterocycles. The highest BCUT2D eigenvalue weighted by Crippen LogP contribution is 2.43. The molecule has 4 nitrogen and oxygen atoms in total. The summed E-state index contributed by atoms with van der Waals surface area (Å²) in [6.45, 7) is 0. The minimum Gasteiger partial charge on any atom is -0.504 e. The van der Waals surface area contributed by atoms with Crippen LogP contribution in [0.4, 0.5) is 0 Å². The normalized spacial score (nSPS) is 13.3. The van der Waals surface area contributed by atoms with Crippen molar-refractivity contribution >= 4 is 11.0 Å². The van der Waals surface area contributed by atoms with Crippen LogP contribution in [0.15, 0.2) is 45.6 Å². The Balaban J connectivity index is 2.06. The number of aromatic hydroxyl groups is 1. The van der Waals surface area contributed by atoms with Gasteiger partial charge in [-0.15, -0.1) is 0 Å². The monoisotopic (exact) mass is 308 g/mol. The van der Waals surface area contributed by atoms with Gasteiger partial charge in [0.25, 0.3) is 0 Å². The van der Waals surface area contributed by atoms with Crippen LogP contribution in [0.3, 0.4) is 0 Å². The molecular formula is C19H16O4. The van der Waals surface area contributed by atoms with E-state index in [-0.39, 0.29) is 5.75 Å². The van der Waals surface area contributed by atoms with Crippen molar-refractivity contribution < 1.29 is 14.3 Å². The maximum atomic E-state index is 11.5. The highest BCUT2D eigenvalue weighted by molar-refractivity contribution is 5.99. The molecular weight excluding hydrogens is 292 g/mol. The minimum absolute atomic E-state index is 0.0372. The highest BCUT2D eigenvalue weighted by Gasteiger charge is 2.19. The van der Waals surface area contributed by atoms with E-state index >= 15 is 0 Å². The summed E-state index contributed by atoms with van der Waals surface area (Å²) in [5, 5.41) is 11.0. The first kappa shape index (κ1) is 13.9. The molecule has 116 valence electrons. The molecule has 0 bridgehead atoms. The summed E-state index contributed by atoms with van der Waals surface area (Å²) >= 11 is 0. The lowest BCUT2D eigenvalue weighted by atomic mass is 9.96. The first-order chi connectivity index (χ1) is 11.2. The molecule has 1 aromatic heterocycles. The van der Waals surface area contributed by atoms with Crippen LogP contribution < -0.4 is 10.4 Å². The largest absolute Gasteiger partial charge is 0.504 e. The number of methoxy groups -OCH3 is 1. The van der Waals surface area contributed by atoms with Crippen LogP contribution in [0.1, 0.15) is 17.5 Å². The number of phenols is 1. The van der Waals surface area contributed by atoms with E-state index in [1.807, 2.05) is 6.07 Å². The molecule has 1 aliphatic rings. The van der Waals surface area contributed by atoms with Gasteiger partial charge in [0.1, 0.15) is 5.58 Å². The number of hydrogen-bond donors (Lipinski definition) is 1. The fraction of sp³-hybridized carbons (Fsp3) is 0.211. The van der Waals surface area contributed by atoms with Gasteiger partial charge in [-0.05, 0) is 42.0 Å². The molecule has 4 heteroatoms. The lowest BCUT2D eigenvalue weighted by Gasteiger charge is -2.14. The second kappa shape index (κ2) is 5.16. The van der Waals surface area contributed by atoms with Gasteiger partial charge in [0.15, 0.2) is 11.5 Å². The Labute approximate surface area is 132 Å². The van der Waals surface area contributed by atoms with Crippen molar-refractivity contribution in [3.63, 3.8) is 0 Å². The fourth-order valence-corrected chi connectivity index (χ4v) is 3.41. The molecule has 0 radical (unpaired) electrons. The van der Waals surface area contributed by atoms with Gasteiger partial charge in [0, 0.05) is 23.1 Å². The van der Waals surface area contributed by atoms with Crippen molar-refractivity contribution in [1.82, 2.24) is 0 Å². The molecule has 0 spiro atoms. The van der Waals surface area contributed by atoms with Gasteiger partial charge in [0.05, 0.1) is 7.11 Å². The van der Waals surface area contributed by atoms with Crippen LogP contribution in [0, 0.1) is 0 Å². The Hall–Kier alpha value is -2.75. The zero-order chi connectivity index (χ0) is 16.0. The average molecular weight is 308 g/mol. The number of benzene rings is 2. The maximum Gasteiger partial charge on any atom is 0.336 e. The molecule has 0 unspecified atom stereocenters. The van der Waals surface area contributed by atoms with Crippen molar-refractivity contribution in [2.24, 2.45) is 0 Å². The Morgan fingerprint density at radius 1 is 1.09 bits per heavy atom. The number of hydrogen-bond acceptors (Lipinski definition) is 4. The molecule has 0 atom stereocenters. The fourth-order valence-electron chi connectivity index (χ4n) is 3.41. The van der Waals surface area contributed by atoms with E-state index < -0.39 is 5.63 Å². The molecule has 23 heavy (non-hydrogen) atoms. The first-order valence-corrected chi connectivity index (χ1v) is 7.63. The maximum absolute atomic E-state index is 11.5. The standard InChI is InChI=1S/C19H16O4/c1-22-19-15(20)10-16-14(7-8-17(21)23-16)18(19)13-6-5-11-3-2-4-12(11)9-13/h5-10,20H,2-4H2,1H3. The van der Waals surface area contributed by atoms with E-state index in [0.717, 1.165) is 29.4 Å². The number of aryl methyl sites for hydroxylation is 2. The van der Waals surface area contributed by atoms with Crippen LogP contribution >= 0.6 is 0 Å². The van der Waals surface area contributed by atoms with Gasteiger partial charge >= 0.3 is 5.63 Å². The van der Waals surface area contributed by atoms with Crippen molar-refractivity contribution in [3.05, 3.63) is 57.9 Å². The number of rotatable bonds is 2. The summed E-state index contributed by atoms with van der Waals surface area (Å²) in [6.07, 6.45) is 3.35. The Morgan fingerprint density at radius 2 is 1.91 bits per heavy atom. The van der Waals surface area contributed by atoms with Crippen LogP contribution in [0.25, 0.3) is 22.1 Å². The number of fused-ring (bicyclic) bond motifs is 2. The lowest BCUT2D eigenvalue weighted by molar-refractivity contribution is 0.375. The third kappa shape index (κ3) is 2.18. The van der Waals surface area contributed by atoms with Gasteiger partial charge in [-0.3, -0.25) is 0 Å². The SMILES string of the molecule is COc1c(O)cc2oc(=O)ccc2c1-c1ccc2c(c1)CCC2. The third-order valence-electron chi connectivity index (χ3n) is 4.45. The smallest absolute Gasteiger partial charge is 0.336 e. The summed E-state index contributed by atoms with van der Waals surface area (Å²) in [4.78, 5) is 11.5. The second-order valence-corrected chi connectivity index (χ2v) is 5.81. The van der Waals surface area contributed by atoms with Crippen molar-refractivity contribution in [2.75, 3.05) is 7.11 Å². The molecule has 0 aliphatic heterocycles. The van der Waals surface area contributed by atoms with Gasteiger partial charge in [-0.25, -0.2) is 4.79 Å². The van der Waals surface area contributed by atoms with Crippen molar-refractivity contribution in [3.8, 4) is 22.6 Å². The quantitative estimate of drug-likeness (QED) is 0.734. The molecule has 0 fully saturated rings. The molecule has 1 N–H and O–H groups in total. The van der Waals surface area contributed by atoms with Gasteiger partial charge < -0.3 is 14.3 Å². The summed E-state index contributed by atoms with van der Waals surface area (Å²) in [6, 6.07) is 10.8. The van der Waals surface area contributed by atoms with E-state index in [2.05, 4.69) is 12.1 Å². The van der Waals surface area contributed by atoms with Crippen LogP contribution in [-0.2, 0) is 12.8 Å². The van der Waals surface area contributed by atoms with E-state index in [4.69, 9.17) is 9.15 Å². The van der Waals surface area contributed by atoms with Crippen LogP contribution in [-0.4, -0.2) is 12.2 Å². The van der Waals surface area contributed by atoms with Crippen LogP contribution in [0.2, 0.25) is 0 Å². The van der Waals surface area contributed by atoms with Gasteiger partial charge in [-0.1, -0.05) is 18.2 Å². The predicted octanol–water partition coefficient (Wildman–Crippen LogP) is 3.66. The molecule has 2 aromatic carbocycles. The van der Waals surface area contributed by atoms with E-state index in [9.17, 15) is 9.90 Å². The van der Waals surface area contributed by atoms with E-state index in [1.165, 1.54) is 36.8 Å². The molecule has 0 amide bonds. The molecule has 1 aliphatic carbocycles. The second-order valence-electron chi connectivity index (χ2n) is 5.81. The summed E-state index contributed by atoms with van der Waals surface area (Å²) in [5.74, 6) is 0.356. The predicted molar refractivity (Wildman–Crippen MR) is 88.2 cm³/mol. The first-order valence-electron chi connectivity index (χ1n) is 7.63. The third-order valence-corrected chi connectivity index (χ3v) is 4.45. The molecule has 0 saturated heterocycles. The molecule has 3 aromatic rings. The molecule has 4 rings (SSSR count). The Kier molecular flexibility index (Phi) is 3.11. The van der Waals surface area contributed by atoms with Crippen LogP contribution in [0.5, 0.6) is 11.5 Å². The van der Waals surface area contributed by atoms with Gasteiger partial charge in [-0.2, -0.15) is 0 Å². The lowest BCUT2D eigenvalue weighted by Crippen LogP contribution is -1.97. The summed E-state index contributed by atoms with van der Waals surface area (Å²) in [5.41, 5.74) is 4.33. The average Bonchev–Trinajstić information content (AvgIpc) is 3.00. The summed E-state index contributed by atoms with van der Waals surface area (Å²) in [7, 11) is 1.52. The summed E-state index contributed by atoms with van der Waals surface area (Å²) < 4.78 is 10.6. The zero-order valence-electron chi connectivity index (χ0n) is 12.8. The van der Waals surface area contributed by atoms with Gasteiger partial charge in [0.2, 0.25) is 0 Å². The number of ether oxygens (including phenoxy) is 1. The highest BCUT2D eigenvalue weighted by atomic mass is 16.5. The Bertz CT molecular complexity index is 969. The topological polar surface area (TPSA) is 59.7 Å². The van der Waals surface area contributed by atoms with E-state index in [1.54, 1.807) is 6.07 Å². The zero-order valence-corrected chi connectivity index (χ0v) is 12.8. The van der Waals surface area contributed by atoms with Crippen molar-refractivity contribution in [1.29, 1.82) is 0 Å². The van der Waals surface area contributed by atoms with Crippen molar-refractivity contribution in [2.45, 2.75) is 19.3 Å². The Morgan fingerprint density at radius 3 is 2.74 bits per heavy atom. The number of phenolic OH excluding ortho intramolecular Hbond substituents is 1. The molecule has 0 saturated carbocycles.